The van der Waals surface area contributed by atoms with E-state index in [1.165, 1.54) is 18.3 Å². The first kappa shape index (κ1) is 10.8. The van der Waals surface area contributed by atoms with Gasteiger partial charge >= 0.3 is 0 Å². The van der Waals surface area contributed by atoms with Crippen LogP contribution in [0.2, 0.25) is 0 Å². The molecule has 16 heavy (non-hydrogen) atoms. The Hall–Kier alpha value is -1.69. The molecule has 6 heteroatoms. The Labute approximate surface area is 96.2 Å². The molecule has 0 N–H and O–H groups in total. The maximum atomic E-state index is 10.6. The summed E-state index contributed by atoms with van der Waals surface area (Å²) in [5.74, 6) is 0. The highest BCUT2D eigenvalue weighted by atomic mass is 32.1. The van der Waals surface area contributed by atoms with Gasteiger partial charge in [0.05, 0.1) is 16.3 Å². The van der Waals surface area contributed by atoms with E-state index < -0.39 is 0 Å². The number of aryl methyl sites for hydroxylation is 2. The van der Waals surface area contributed by atoms with Crippen LogP contribution in [0.3, 0.4) is 0 Å². The predicted molar refractivity (Wildman–Crippen MR) is 63.2 cm³/mol. The van der Waals surface area contributed by atoms with Crippen LogP contribution in [0.15, 0.2) is 11.1 Å². The molecule has 0 aromatic carbocycles. The minimum absolute atomic E-state index is 0.121. The first-order chi connectivity index (χ1) is 7.50. The zero-order chi connectivity index (χ0) is 11.9. The Bertz CT molecular complexity index is 594. The molecule has 0 unspecified atom stereocenters. The van der Waals surface area contributed by atoms with Crippen molar-refractivity contribution in [1.29, 1.82) is 0 Å². The number of imidazole rings is 1. The quantitative estimate of drug-likeness (QED) is 0.596. The number of nitrogens with zero attached hydrogens (tertiary/aromatic N) is 3. The van der Waals surface area contributed by atoms with E-state index in [0.29, 0.717) is 0 Å². The van der Waals surface area contributed by atoms with E-state index >= 15 is 0 Å². The van der Waals surface area contributed by atoms with Crippen LogP contribution in [0, 0.1) is 24.0 Å². The van der Waals surface area contributed by atoms with Crippen molar-refractivity contribution < 1.29 is 4.92 Å². The van der Waals surface area contributed by atoms with E-state index in [1.807, 2.05) is 23.6 Å². The number of hydrogen-bond donors (Lipinski definition) is 0. The van der Waals surface area contributed by atoms with Crippen LogP contribution < -0.4 is 0 Å². The fourth-order valence-corrected chi connectivity index (χ4v) is 2.46. The maximum Gasteiger partial charge on any atom is 0.245 e. The predicted octanol–water partition coefficient (Wildman–Crippen LogP) is 2.65. The first-order valence-electron chi connectivity index (χ1n) is 4.76. The molecule has 0 atom stereocenters. The summed E-state index contributed by atoms with van der Waals surface area (Å²) in [4.78, 5) is 15.5. The van der Waals surface area contributed by atoms with E-state index in [4.69, 9.17) is 0 Å². The molecule has 0 aliphatic heterocycles. The lowest BCUT2D eigenvalue weighted by Crippen LogP contribution is -1.96. The summed E-state index contributed by atoms with van der Waals surface area (Å²) < 4.78 is 1.94. The topological polar surface area (TPSA) is 60.4 Å². The van der Waals surface area contributed by atoms with Gasteiger partial charge in [0.2, 0.25) is 5.70 Å². The van der Waals surface area contributed by atoms with E-state index in [1.54, 1.807) is 6.08 Å². The van der Waals surface area contributed by atoms with Crippen molar-refractivity contribution in [2.75, 3.05) is 0 Å². The van der Waals surface area contributed by atoms with Gasteiger partial charge in [0.25, 0.3) is 0 Å². The van der Waals surface area contributed by atoms with Gasteiger partial charge in [-0.05, 0) is 13.8 Å². The Balaban J connectivity index is 2.67. The second-order valence-corrected chi connectivity index (χ2v) is 4.46. The third-order valence-electron chi connectivity index (χ3n) is 2.39. The molecule has 0 spiro atoms. The number of thiazole rings is 1. The molecule has 2 aromatic heterocycles. The first-order valence-corrected chi connectivity index (χ1v) is 5.64. The van der Waals surface area contributed by atoms with Crippen LogP contribution in [0.4, 0.5) is 0 Å². The summed E-state index contributed by atoms with van der Waals surface area (Å²) in [6.45, 7) is 5.31. The third-order valence-corrected chi connectivity index (χ3v) is 3.33. The highest BCUT2D eigenvalue weighted by Crippen LogP contribution is 2.22. The van der Waals surface area contributed by atoms with Gasteiger partial charge in [-0.3, -0.25) is 14.5 Å². The summed E-state index contributed by atoms with van der Waals surface area (Å²) >= 11 is 1.54. The Morgan fingerprint density at radius 2 is 2.31 bits per heavy atom. The number of hydrogen-bond acceptors (Lipinski definition) is 4. The molecular formula is C10H11N3O2S. The number of fused-ring (bicyclic) bond motifs is 1. The Morgan fingerprint density at radius 1 is 1.62 bits per heavy atom. The van der Waals surface area contributed by atoms with Gasteiger partial charge in [-0.2, -0.15) is 0 Å². The molecule has 5 nitrogen and oxygen atoms in total. The molecule has 0 aliphatic rings. The summed E-state index contributed by atoms with van der Waals surface area (Å²) in [5, 5.41) is 12.6. The van der Waals surface area contributed by atoms with Gasteiger partial charge in [-0.15, -0.1) is 11.3 Å². The van der Waals surface area contributed by atoms with Gasteiger partial charge in [-0.1, -0.05) is 0 Å². The smallest absolute Gasteiger partial charge is 0.245 e. The molecule has 0 aliphatic carbocycles. The summed E-state index contributed by atoms with van der Waals surface area (Å²) in [6, 6.07) is 0. The normalized spacial score (nSPS) is 12.3. The van der Waals surface area contributed by atoms with E-state index in [2.05, 4.69) is 4.98 Å². The van der Waals surface area contributed by atoms with Crippen molar-refractivity contribution in [2.24, 2.45) is 0 Å². The summed E-state index contributed by atoms with van der Waals surface area (Å²) in [7, 11) is 0. The monoisotopic (exact) mass is 237 g/mol. The van der Waals surface area contributed by atoms with Crippen molar-refractivity contribution in [1.82, 2.24) is 9.38 Å². The van der Waals surface area contributed by atoms with E-state index in [9.17, 15) is 10.1 Å². The molecule has 0 bridgehead atoms. The molecule has 0 saturated heterocycles. The lowest BCUT2D eigenvalue weighted by atomic mass is 10.3. The van der Waals surface area contributed by atoms with Crippen molar-refractivity contribution in [2.45, 2.75) is 20.8 Å². The zero-order valence-electron chi connectivity index (χ0n) is 9.22. The van der Waals surface area contributed by atoms with Gasteiger partial charge < -0.3 is 0 Å². The van der Waals surface area contributed by atoms with Crippen LogP contribution >= 0.6 is 11.3 Å². The van der Waals surface area contributed by atoms with E-state index in [-0.39, 0.29) is 10.6 Å². The highest BCUT2D eigenvalue weighted by Gasteiger charge is 2.13. The molecular weight excluding hydrogens is 226 g/mol. The van der Waals surface area contributed by atoms with Crippen molar-refractivity contribution >= 4 is 22.4 Å². The van der Waals surface area contributed by atoms with Gasteiger partial charge in [0.1, 0.15) is 0 Å². The molecule has 2 rings (SSSR count). The second kappa shape index (κ2) is 3.71. The largest absolute Gasteiger partial charge is 0.288 e. The minimum atomic E-state index is -0.388. The number of rotatable bonds is 2. The fourth-order valence-electron chi connectivity index (χ4n) is 1.55. The molecule has 2 heterocycles. The maximum absolute atomic E-state index is 10.6. The van der Waals surface area contributed by atoms with Crippen molar-refractivity contribution in [3.05, 3.63) is 38.3 Å². The van der Waals surface area contributed by atoms with Gasteiger partial charge in [0.15, 0.2) is 4.96 Å². The van der Waals surface area contributed by atoms with Gasteiger partial charge in [0, 0.05) is 24.1 Å². The average molecular weight is 237 g/mol. The fraction of sp³-hybridized carbons (Fsp3) is 0.300. The van der Waals surface area contributed by atoms with Crippen molar-refractivity contribution in [3.8, 4) is 0 Å². The van der Waals surface area contributed by atoms with Crippen LogP contribution in [0.5, 0.6) is 0 Å². The molecule has 84 valence electrons. The second-order valence-electron chi connectivity index (χ2n) is 3.62. The van der Waals surface area contributed by atoms with E-state index in [0.717, 1.165) is 22.0 Å². The van der Waals surface area contributed by atoms with Crippen LogP contribution in [-0.4, -0.2) is 14.3 Å². The standard InChI is InChI=1S/C10H11N3O2S/c1-6(13(14)15)4-9-8(3)11-10-12(9)7(2)5-16-10/h4-5H,1-3H3. The molecule has 0 fully saturated rings. The van der Waals surface area contributed by atoms with Crippen molar-refractivity contribution in [3.63, 3.8) is 0 Å². The number of allylic oxidation sites excluding steroid dienone is 1. The molecule has 0 amide bonds. The lowest BCUT2D eigenvalue weighted by molar-refractivity contribution is -0.422. The van der Waals surface area contributed by atoms with Crippen LogP contribution in [-0.2, 0) is 0 Å². The Morgan fingerprint density at radius 3 is 2.94 bits per heavy atom. The molecule has 0 saturated carbocycles. The SMILES string of the molecule is CC(=Cc1c(C)nc2scc(C)n12)[N+](=O)[O-]. The minimum Gasteiger partial charge on any atom is -0.288 e. The van der Waals surface area contributed by atoms with Gasteiger partial charge in [-0.25, -0.2) is 4.98 Å². The summed E-state index contributed by atoms with van der Waals surface area (Å²) in [6.07, 6.45) is 1.56. The zero-order valence-corrected chi connectivity index (χ0v) is 10.0. The van der Waals surface area contributed by atoms with Crippen LogP contribution in [0.25, 0.3) is 11.0 Å². The molecule has 0 radical (unpaired) electrons. The number of aromatic nitrogens is 2. The summed E-state index contributed by atoms with van der Waals surface area (Å²) in [5.41, 5.74) is 2.78. The average Bonchev–Trinajstić information content (AvgIpc) is 2.69. The van der Waals surface area contributed by atoms with Crippen LogP contribution in [0.1, 0.15) is 24.0 Å². The lowest BCUT2D eigenvalue weighted by Gasteiger charge is -1.96. The highest BCUT2D eigenvalue weighted by molar-refractivity contribution is 7.15. The number of nitro groups is 1. The third kappa shape index (κ3) is 1.61. The Kier molecular flexibility index (Phi) is 2.51. The molecule has 2 aromatic rings.